The van der Waals surface area contributed by atoms with E-state index in [1.807, 2.05) is 19.1 Å². The third-order valence-electron chi connectivity index (χ3n) is 3.41. The third-order valence-corrected chi connectivity index (χ3v) is 4.33. The molecule has 3 aromatic rings. The van der Waals surface area contributed by atoms with Gasteiger partial charge in [0, 0.05) is 17.3 Å². The van der Waals surface area contributed by atoms with Gasteiger partial charge >= 0.3 is 0 Å². The number of thiazole rings is 1. The average molecular weight is 339 g/mol. The molecule has 122 valence electrons. The number of nitrogens with one attached hydrogen (secondary N) is 1. The van der Waals surface area contributed by atoms with E-state index in [1.165, 1.54) is 11.3 Å². The number of phenolic OH excluding ortho intramolecular Hbond substituents is 1. The van der Waals surface area contributed by atoms with Crippen LogP contribution in [0.4, 0.5) is 11.4 Å². The molecule has 0 saturated heterocycles. The number of benzene rings is 2. The molecule has 1 heterocycles. The van der Waals surface area contributed by atoms with Crippen molar-refractivity contribution in [3.8, 4) is 23.3 Å². The van der Waals surface area contributed by atoms with Gasteiger partial charge in [-0.1, -0.05) is 11.8 Å². The van der Waals surface area contributed by atoms with Crippen LogP contribution in [0, 0.1) is 18.8 Å². The lowest BCUT2D eigenvalue weighted by Gasteiger charge is -2.09. The van der Waals surface area contributed by atoms with Gasteiger partial charge in [0.25, 0.3) is 0 Å². The molecule has 5 nitrogen and oxygen atoms in total. The van der Waals surface area contributed by atoms with Gasteiger partial charge in [-0.2, -0.15) is 0 Å². The van der Waals surface area contributed by atoms with E-state index in [-0.39, 0.29) is 5.75 Å². The van der Waals surface area contributed by atoms with E-state index in [2.05, 4.69) is 22.1 Å². The van der Waals surface area contributed by atoms with Crippen LogP contribution in [-0.2, 0) is 0 Å². The number of aromatic nitrogens is 1. The molecule has 0 saturated carbocycles. The fraction of sp³-hybridized carbons (Fsp3) is 0.167. The van der Waals surface area contributed by atoms with Crippen LogP contribution in [0.3, 0.4) is 0 Å². The molecule has 4 N–H and O–H groups in total. The van der Waals surface area contributed by atoms with E-state index in [1.54, 1.807) is 25.3 Å². The summed E-state index contributed by atoms with van der Waals surface area (Å²) in [6, 6.07) is 8.99. The molecule has 0 aliphatic rings. The monoisotopic (exact) mass is 339 g/mol. The number of nitrogen functional groups attached to an aromatic ring is 1. The average Bonchev–Trinajstić information content (AvgIpc) is 2.93. The Morgan fingerprint density at radius 2 is 2.17 bits per heavy atom. The van der Waals surface area contributed by atoms with Crippen LogP contribution in [0.2, 0.25) is 0 Å². The highest BCUT2D eigenvalue weighted by atomic mass is 32.1. The van der Waals surface area contributed by atoms with Crippen molar-refractivity contribution in [2.45, 2.75) is 6.92 Å². The second-order valence-electron chi connectivity index (χ2n) is 5.19. The Bertz CT molecular complexity index is 954. The van der Waals surface area contributed by atoms with Gasteiger partial charge in [-0.3, -0.25) is 0 Å². The predicted octanol–water partition coefficient (Wildman–Crippen LogP) is 3.36. The molecule has 0 aliphatic heterocycles. The Kier molecular flexibility index (Phi) is 4.45. The zero-order chi connectivity index (χ0) is 17.1. The van der Waals surface area contributed by atoms with Crippen LogP contribution in [0.25, 0.3) is 10.2 Å². The Labute approximate surface area is 144 Å². The second-order valence-corrected chi connectivity index (χ2v) is 6.42. The lowest BCUT2D eigenvalue weighted by atomic mass is 10.2. The number of aromatic hydroxyl groups is 1. The summed E-state index contributed by atoms with van der Waals surface area (Å²) in [5, 5.41) is 14.1. The summed E-state index contributed by atoms with van der Waals surface area (Å²) in [7, 11) is 1.60. The number of phenols is 1. The summed E-state index contributed by atoms with van der Waals surface area (Å²) in [6.07, 6.45) is 0. The van der Waals surface area contributed by atoms with Crippen molar-refractivity contribution < 1.29 is 9.84 Å². The number of nitrogens with two attached hydrogens (primary N) is 1. The van der Waals surface area contributed by atoms with Gasteiger partial charge < -0.3 is 20.9 Å². The molecule has 0 amide bonds. The number of hydrogen-bond donors (Lipinski definition) is 3. The molecule has 0 atom stereocenters. The summed E-state index contributed by atoms with van der Waals surface area (Å²) in [6.45, 7) is 2.36. The summed E-state index contributed by atoms with van der Waals surface area (Å²) >= 11 is 1.54. The summed E-state index contributed by atoms with van der Waals surface area (Å²) in [5.41, 5.74) is 8.60. The van der Waals surface area contributed by atoms with Crippen molar-refractivity contribution in [1.29, 1.82) is 0 Å². The molecular formula is C18H17N3O2S. The Morgan fingerprint density at radius 1 is 1.33 bits per heavy atom. The van der Waals surface area contributed by atoms with E-state index in [0.717, 1.165) is 21.0 Å². The Hall–Kier alpha value is -2.91. The maximum Gasteiger partial charge on any atom is 0.144 e. The number of hydrogen-bond acceptors (Lipinski definition) is 6. The van der Waals surface area contributed by atoms with Gasteiger partial charge in [0.15, 0.2) is 0 Å². The SMILES string of the molecule is COc1cc(N)ccc1NCC#Cc1cc(O)c2nc(C)sc2c1. The number of methoxy groups -OCH3 is 1. The first-order valence-electron chi connectivity index (χ1n) is 7.33. The normalized spacial score (nSPS) is 10.2. The smallest absolute Gasteiger partial charge is 0.144 e. The van der Waals surface area contributed by atoms with Crippen molar-refractivity contribution >= 4 is 32.9 Å². The molecule has 24 heavy (non-hydrogen) atoms. The number of aryl methyl sites for hydroxylation is 1. The molecule has 1 aromatic heterocycles. The molecule has 0 aliphatic carbocycles. The summed E-state index contributed by atoms with van der Waals surface area (Å²) in [5.74, 6) is 6.93. The van der Waals surface area contributed by atoms with Crippen LogP contribution in [0.1, 0.15) is 10.6 Å². The van der Waals surface area contributed by atoms with Crippen LogP contribution in [-0.4, -0.2) is 23.7 Å². The van der Waals surface area contributed by atoms with E-state index >= 15 is 0 Å². The molecule has 0 unspecified atom stereocenters. The fourth-order valence-electron chi connectivity index (χ4n) is 2.33. The molecule has 3 rings (SSSR count). The molecule has 0 fully saturated rings. The van der Waals surface area contributed by atoms with Crippen molar-refractivity contribution in [2.75, 3.05) is 24.7 Å². The van der Waals surface area contributed by atoms with Gasteiger partial charge in [0.05, 0.1) is 29.0 Å². The minimum atomic E-state index is 0.161. The minimum Gasteiger partial charge on any atom is -0.506 e. The van der Waals surface area contributed by atoms with Gasteiger partial charge in [-0.25, -0.2) is 4.98 Å². The molecule has 0 radical (unpaired) electrons. The number of fused-ring (bicyclic) bond motifs is 1. The van der Waals surface area contributed by atoms with E-state index in [4.69, 9.17) is 10.5 Å². The van der Waals surface area contributed by atoms with E-state index in [0.29, 0.717) is 23.5 Å². The topological polar surface area (TPSA) is 80.4 Å². The first-order valence-corrected chi connectivity index (χ1v) is 8.15. The Morgan fingerprint density at radius 3 is 2.96 bits per heavy atom. The van der Waals surface area contributed by atoms with Gasteiger partial charge in [0.1, 0.15) is 17.0 Å². The quantitative estimate of drug-likeness (QED) is 0.503. The molecule has 6 heteroatoms. The fourth-order valence-corrected chi connectivity index (χ4v) is 3.22. The molecule has 0 spiro atoms. The number of ether oxygens (including phenoxy) is 1. The lowest BCUT2D eigenvalue weighted by Crippen LogP contribution is -2.01. The molecular weight excluding hydrogens is 322 g/mol. The highest BCUT2D eigenvalue weighted by molar-refractivity contribution is 7.18. The highest BCUT2D eigenvalue weighted by Gasteiger charge is 2.06. The van der Waals surface area contributed by atoms with Crippen molar-refractivity contribution in [3.63, 3.8) is 0 Å². The maximum absolute atomic E-state index is 10.0. The van der Waals surface area contributed by atoms with Crippen LogP contribution in [0.15, 0.2) is 30.3 Å². The number of anilines is 2. The van der Waals surface area contributed by atoms with Crippen LogP contribution in [0.5, 0.6) is 11.5 Å². The predicted molar refractivity (Wildman–Crippen MR) is 98.8 cm³/mol. The molecule has 0 bridgehead atoms. The highest BCUT2D eigenvalue weighted by Crippen LogP contribution is 2.30. The standard InChI is InChI=1S/C18H17N3O2S/c1-11-21-18-15(22)8-12(9-17(18)24-11)4-3-7-20-14-6-5-13(19)10-16(14)23-2/h5-6,8-10,20,22H,7,19H2,1-2H3. The Balaban J connectivity index is 1.74. The summed E-state index contributed by atoms with van der Waals surface area (Å²) < 4.78 is 6.21. The van der Waals surface area contributed by atoms with Gasteiger partial charge in [0.2, 0.25) is 0 Å². The number of rotatable bonds is 3. The second kappa shape index (κ2) is 6.69. The number of nitrogens with zero attached hydrogens (tertiary/aromatic N) is 1. The van der Waals surface area contributed by atoms with Crippen molar-refractivity contribution in [2.24, 2.45) is 0 Å². The first-order chi connectivity index (χ1) is 11.6. The van der Waals surface area contributed by atoms with Crippen LogP contribution < -0.4 is 15.8 Å². The first kappa shape index (κ1) is 16.0. The largest absolute Gasteiger partial charge is 0.506 e. The lowest BCUT2D eigenvalue weighted by molar-refractivity contribution is 0.417. The van der Waals surface area contributed by atoms with Crippen LogP contribution >= 0.6 is 11.3 Å². The minimum absolute atomic E-state index is 0.161. The van der Waals surface area contributed by atoms with Crippen molar-refractivity contribution in [1.82, 2.24) is 4.98 Å². The van der Waals surface area contributed by atoms with E-state index in [9.17, 15) is 5.11 Å². The zero-order valence-electron chi connectivity index (χ0n) is 13.4. The maximum atomic E-state index is 10.0. The third kappa shape index (κ3) is 3.36. The van der Waals surface area contributed by atoms with Gasteiger partial charge in [-0.05, 0) is 31.2 Å². The van der Waals surface area contributed by atoms with Crippen molar-refractivity contribution in [3.05, 3.63) is 40.9 Å². The zero-order valence-corrected chi connectivity index (χ0v) is 14.2. The van der Waals surface area contributed by atoms with Gasteiger partial charge in [-0.15, -0.1) is 11.3 Å². The van der Waals surface area contributed by atoms with E-state index < -0.39 is 0 Å². The molecule has 2 aromatic carbocycles. The summed E-state index contributed by atoms with van der Waals surface area (Å²) in [4.78, 5) is 4.30.